The van der Waals surface area contributed by atoms with Gasteiger partial charge in [-0.15, -0.1) is 0 Å². The first kappa shape index (κ1) is 14.5. The van der Waals surface area contributed by atoms with Crippen LogP contribution in [0.25, 0.3) is 0 Å². The molecule has 120 valence electrons. The van der Waals surface area contributed by atoms with Gasteiger partial charge >= 0.3 is 0 Å². The molecule has 3 atom stereocenters. The molecule has 1 aromatic carbocycles. The van der Waals surface area contributed by atoms with E-state index in [0.717, 1.165) is 18.0 Å². The summed E-state index contributed by atoms with van der Waals surface area (Å²) in [5, 5.41) is 3.71. The van der Waals surface area contributed by atoms with E-state index >= 15 is 0 Å². The second-order valence-corrected chi connectivity index (χ2v) is 6.34. The van der Waals surface area contributed by atoms with Crippen molar-refractivity contribution in [1.29, 1.82) is 0 Å². The normalized spacial score (nSPS) is 25.6. The van der Waals surface area contributed by atoms with E-state index < -0.39 is 0 Å². The van der Waals surface area contributed by atoms with Gasteiger partial charge in [0.2, 0.25) is 0 Å². The highest BCUT2D eigenvalue weighted by Gasteiger charge is 2.43. The van der Waals surface area contributed by atoms with Gasteiger partial charge in [-0.1, -0.05) is 6.07 Å². The Morgan fingerprint density at radius 3 is 2.61 bits per heavy atom. The zero-order valence-electron chi connectivity index (χ0n) is 13.6. The Morgan fingerprint density at radius 1 is 1.13 bits per heavy atom. The standard InChI is InChI=1S/C19H22N2O2/c1-22-16-9-14-15(10-17(16)23-2)19-13(6-4-8-21-19)18(14)12-5-3-7-20-11-12/h3,5,7,9-11,13,18-19,21H,4,6,8H2,1-2H3/t13-,18+,19-/m0/s1. The van der Waals surface area contributed by atoms with E-state index in [2.05, 4.69) is 28.5 Å². The molecule has 2 heterocycles. The predicted octanol–water partition coefficient (Wildman–Crippen LogP) is 3.29. The summed E-state index contributed by atoms with van der Waals surface area (Å²) in [5.74, 6) is 2.55. The van der Waals surface area contributed by atoms with E-state index in [9.17, 15) is 0 Å². The van der Waals surface area contributed by atoms with Crippen LogP contribution in [0, 0.1) is 5.92 Å². The van der Waals surface area contributed by atoms with Gasteiger partial charge in [-0.3, -0.25) is 4.98 Å². The molecular formula is C19H22N2O2. The monoisotopic (exact) mass is 310 g/mol. The highest BCUT2D eigenvalue weighted by atomic mass is 16.5. The van der Waals surface area contributed by atoms with Gasteiger partial charge in [0.25, 0.3) is 0 Å². The van der Waals surface area contributed by atoms with Crippen molar-refractivity contribution in [2.45, 2.75) is 24.8 Å². The Hall–Kier alpha value is -2.07. The van der Waals surface area contributed by atoms with Crippen LogP contribution in [0.15, 0.2) is 36.7 Å². The molecule has 23 heavy (non-hydrogen) atoms. The number of benzene rings is 1. The number of pyridine rings is 1. The number of aromatic nitrogens is 1. The first-order chi connectivity index (χ1) is 11.3. The van der Waals surface area contributed by atoms with Crippen molar-refractivity contribution in [2.24, 2.45) is 5.92 Å². The third-order valence-corrected chi connectivity index (χ3v) is 5.24. The number of methoxy groups -OCH3 is 2. The van der Waals surface area contributed by atoms with Crippen LogP contribution in [0.5, 0.6) is 11.5 Å². The number of ether oxygens (including phenoxy) is 2. The average molecular weight is 310 g/mol. The fourth-order valence-corrected chi connectivity index (χ4v) is 4.28. The summed E-state index contributed by atoms with van der Waals surface area (Å²) < 4.78 is 11.1. The number of nitrogens with one attached hydrogen (secondary N) is 1. The first-order valence-corrected chi connectivity index (χ1v) is 8.22. The Kier molecular flexibility index (Phi) is 3.69. The topological polar surface area (TPSA) is 43.4 Å². The number of hydrogen-bond acceptors (Lipinski definition) is 4. The van der Waals surface area contributed by atoms with Gasteiger partial charge in [0.05, 0.1) is 14.2 Å². The number of nitrogens with zero attached hydrogens (tertiary/aromatic N) is 1. The summed E-state index contributed by atoms with van der Waals surface area (Å²) in [6.45, 7) is 1.08. The molecule has 2 aliphatic rings. The van der Waals surface area contributed by atoms with E-state index in [-0.39, 0.29) is 0 Å². The van der Waals surface area contributed by atoms with E-state index in [4.69, 9.17) is 9.47 Å². The Morgan fingerprint density at radius 2 is 1.91 bits per heavy atom. The maximum absolute atomic E-state index is 5.54. The molecule has 1 aliphatic carbocycles. The fourth-order valence-electron chi connectivity index (χ4n) is 4.28. The number of hydrogen-bond donors (Lipinski definition) is 1. The van der Waals surface area contributed by atoms with Crippen LogP contribution in [0.1, 0.15) is 41.5 Å². The quantitative estimate of drug-likeness (QED) is 0.945. The maximum atomic E-state index is 5.54. The molecule has 0 unspecified atom stereocenters. The van der Waals surface area contributed by atoms with Crippen molar-refractivity contribution in [3.05, 3.63) is 53.3 Å². The zero-order chi connectivity index (χ0) is 15.8. The second-order valence-electron chi connectivity index (χ2n) is 6.34. The lowest BCUT2D eigenvalue weighted by Crippen LogP contribution is -2.32. The lowest BCUT2D eigenvalue weighted by atomic mass is 9.81. The van der Waals surface area contributed by atoms with E-state index in [1.807, 2.05) is 18.5 Å². The average Bonchev–Trinajstić information content (AvgIpc) is 2.94. The predicted molar refractivity (Wildman–Crippen MR) is 89.1 cm³/mol. The third kappa shape index (κ3) is 2.29. The summed E-state index contributed by atoms with van der Waals surface area (Å²) in [6, 6.07) is 8.92. The van der Waals surface area contributed by atoms with Crippen molar-refractivity contribution >= 4 is 0 Å². The molecule has 1 aliphatic heterocycles. The smallest absolute Gasteiger partial charge is 0.161 e. The minimum atomic E-state index is 0.372. The van der Waals surface area contributed by atoms with Crippen LogP contribution in [-0.4, -0.2) is 25.7 Å². The maximum Gasteiger partial charge on any atom is 0.161 e. The van der Waals surface area contributed by atoms with Gasteiger partial charge in [-0.2, -0.15) is 0 Å². The van der Waals surface area contributed by atoms with Gasteiger partial charge in [0, 0.05) is 24.4 Å². The zero-order valence-corrected chi connectivity index (χ0v) is 13.6. The molecule has 0 amide bonds. The summed E-state index contributed by atoms with van der Waals surface area (Å²) in [6.07, 6.45) is 6.30. The summed E-state index contributed by atoms with van der Waals surface area (Å²) in [4.78, 5) is 4.34. The van der Waals surface area contributed by atoms with Crippen molar-refractivity contribution in [3.63, 3.8) is 0 Å². The molecule has 4 heteroatoms. The van der Waals surface area contributed by atoms with Crippen LogP contribution in [0.3, 0.4) is 0 Å². The van der Waals surface area contributed by atoms with Crippen molar-refractivity contribution in [3.8, 4) is 11.5 Å². The molecule has 4 rings (SSSR count). The Labute approximate surface area is 136 Å². The van der Waals surface area contributed by atoms with Crippen LogP contribution < -0.4 is 14.8 Å². The largest absolute Gasteiger partial charge is 0.493 e. The molecule has 4 nitrogen and oxygen atoms in total. The molecule has 0 radical (unpaired) electrons. The lowest BCUT2D eigenvalue weighted by Gasteiger charge is -2.31. The molecule has 0 bridgehead atoms. The first-order valence-electron chi connectivity index (χ1n) is 8.22. The van der Waals surface area contributed by atoms with Gasteiger partial charge in [0.1, 0.15) is 0 Å². The van der Waals surface area contributed by atoms with Crippen molar-refractivity contribution < 1.29 is 9.47 Å². The molecule has 1 saturated heterocycles. The fraction of sp³-hybridized carbons (Fsp3) is 0.421. The van der Waals surface area contributed by atoms with Gasteiger partial charge in [0.15, 0.2) is 11.5 Å². The minimum absolute atomic E-state index is 0.372. The highest BCUT2D eigenvalue weighted by Crippen LogP contribution is 2.53. The number of piperidine rings is 1. The van der Waals surface area contributed by atoms with Crippen LogP contribution >= 0.6 is 0 Å². The molecule has 2 aromatic rings. The second kappa shape index (κ2) is 5.85. The lowest BCUT2D eigenvalue weighted by molar-refractivity contribution is 0.286. The van der Waals surface area contributed by atoms with E-state index in [1.54, 1.807) is 14.2 Å². The van der Waals surface area contributed by atoms with Crippen molar-refractivity contribution in [2.75, 3.05) is 20.8 Å². The highest BCUT2D eigenvalue weighted by molar-refractivity contribution is 5.55. The van der Waals surface area contributed by atoms with Gasteiger partial charge in [-0.25, -0.2) is 0 Å². The summed E-state index contributed by atoms with van der Waals surface area (Å²) >= 11 is 0. The molecule has 1 N–H and O–H groups in total. The summed E-state index contributed by atoms with van der Waals surface area (Å²) in [5.41, 5.74) is 3.98. The van der Waals surface area contributed by atoms with Crippen molar-refractivity contribution in [1.82, 2.24) is 10.3 Å². The summed E-state index contributed by atoms with van der Waals surface area (Å²) in [7, 11) is 3.40. The van der Waals surface area contributed by atoms with Crippen LogP contribution in [0.2, 0.25) is 0 Å². The third-order valence-electron chi connectivity index (χ3n) is 5.24. The number of fused-ring (bicyclic) bond motifs is 3. The van der Waals surface area contributed by atoms with Gasteiger partial charge in [-0.05, 0) is 60.2 Å². The molecule has 0 saturated carbocycles. The molecule has 1 fully saturated rings. The Balaban J connectivity index is 1.88. The molecule has 1 aromatic heterocycles. The van der Waals surface area contributed by atoms with E-state index in [1.165, 1.54) is 29.5 Å². The van der Waals surface area contributed by atoms with Gasteiger partial charge < -0.3 is 14.8 Å². The van der Waals surface area contributed by atoms with Crippen LogP contribution in [-0.2, 0) is 0 Å². The van der Waals surface area contributed by atoms with Crippen LogP contribution in [0.4, 0.5) is 0 Å². The molecule has 0 spiro atoms. The van der Waals surface area contributed by atoms with E-state index in [0.29, 0.717) is 17.9 Å². The minimum Gasteiger partial charge on any atom is -0.493 e. The molecular weight excluding hydrogens is 288 g/mol. The number of rotatable bonds is 3. The SMILES string of the molecule is COc1cc2c(cc1OC)[C@H]1NCCC[C@H]1[C@H]2c1cccnc1. The Bertz CT molecular complexity index is 702.